The fourth-order valence-electron chi connectivity index (χ4n) is 3.06. The number of methoxy groups -OCH3 is 1. The van der Waals surface area contributed by atoms with Crippen LogP contribution in [0.5, 0.6) is 5.75 Å². The van der Waals surface area contributed by atoms with Crippen molar-refractivity contribution in [2.75, 3.05) is 25.8 Å². The molecule has 0 spiro atoms. The molecule has 1 unspecified atom stereocenters. The summed E-state index contributed by atoms with van der Waals surface area (Å²) < 4.78 is 16.9. The van der Waals surface area contributed by atoms with Gasteiger partial charge in [-0.05, 0) is 23.8 Å². The molecule has 2 aromatic carbocycles. The maximum Gasteiger partial charge on any atom is 0.198 e. The third-order valence-corrected chi connectivity index (χ3v) is 4.10. The molecule has 1 N–H and O–H groups in total. The fraction of sp³-hybridized carbons (Fsp3) is 0.294. The lowest BCUT2D eigenvalue weighted by atomic mass is 9.85. The molecule has 5 heteroatoms. The molecule has 1 saturated heterocycles. The lowest BCUT2D eigenvalue weighted by Gasteiger charge is -2.32. The first-order chi connectivity index (χ1) is 10.8. The van der Waals surface area contributed by atoms with Crippen LogP contribution in [0.15, 0.2) is 48.5 Å². The number of rotatable bonds is 3. The van der Waals surface area contributed by atoms with Gasteiger partial charge < -0.3 is 14.2 Å². The zero-order chi connectivity index (χ0) is 15.0. The highest BCUT2D eigenvalue weighted by atomic mass is 16.8. The fourth-order valence-corrected chi connectivity index (χ4v) is 3.06. The standard InChI is InChI=1S/C17H17NO4/c1-19-13-6-4-5-12(11-13)17(16-20-9-10-21-16)14-7-2-3-8-15(14)18-22-17/h2-8,11,16,18H,9-10H2,1H3. The number of hydrogen-bond acceptors (Lipinski definition) is 5. The van der Waals surface area contributed by atoms with Crippen molar-refractivity contribution in [3.8, 4) is 5.75 Å². The van der Waals surface area contributed by atoms with Crippen LogP contribution in [0.3, 0.4) is 0 Å². The highest BCUT2D eigenvalue weighted by molar-refractivity contribution is 5.60. The number of hydrogen-bond donors (Lipinski definition) is 1. The van der Waals surface area contributed by atoms with Crippen LogP contribution in [0.2, 0.25) is 0 Å². The van der Waals surface area contributed by atoms with E-state index in [4.69, 9.17) is 19.0 Å². The molecule has 4 rings (SSSR count). The zero-order valence-corrected chi connectivity index (χ0v) is 12.2. The summed E-state index contributed by atoms with van der Waals surface area (Å²) in [6, 6.07) is 15.8. The third kappa shape index (κ3) is 1.90. The second kappa shape index (κ2) is 5.28. The molecule has 0 bridgehead atoms. The van der Waals surface area contributed by atoms with Gasteiger partial charge in [-0.2, -0.15) is 0 Å². The molecule has 2 aliphatic heterocycles. The average molecular weight is 299 g/mol. The summed E-state index contributed by atoms with van der Waals surface area (Å²) in [4.78, 5) is 6.02. The minimum atomic E-state index is -0.846. The third-order valence-electron chi connectivity index (χ3n) is 4.10. The first-order valence-corrected chi connectivity index (χ1v) is 7.26. The second-order valence-electron chi connectivity index (χ2n) is 5.29. The molecule has 114 valence electrons. The van der Waals surface area contributed by atoms with Crippen molar-refractivity contribution in [2.45, 2.75) is 11.9 Å². The van der Waals surface area contributed by atoms with E-state index in [1.54, 1.807) is 7.11 Å². The normalized spacial score (nSPS) is 24.0. The van der Waals surface area contributed by atoms with Crippen LogP contribution in [0.25, 0.3) is 0 Å². The van der Waals surface area contributed by atoms with E-state index in [2.05, 4.69) is 5.48 Å². The molecule has 1 atom stereocenters. The van der Waals surface area contributed by atoms with Gasteiger partial charge in [0.05, 0.1) is 26.0 Å². The molecule has 0 amide bonds. The van der Waals surface area contributed by atoms with Crippen LogP contribution in [-0.2, 0) is 19.9 Å². The largest absolute Gasteiger partial charge is 0.497 e. The Morgan fingerprint density at radius 1 is 1.09 bits per heavy atom. The number of fused-ring (bicyclic) bond motifs is 1. The lowest BCUT2D eigenvalue weighted by molar-refractivity contribution is -0.173. The maximum atomic E-state index is 6.02. The number of para-hydroxylation sites is 1. The van der Waals surface area contributed by atoms with Gasteiger partial charge in [-0.1, -0.05) is 30.3 Å². The molecule has 2 heterocycles. The van der Waals surface area contributed by atoms with Gasteiger partial charge in [-0.25, -0.2) is 0 Å². The van der Waals surface area contributed by atoms with Crippen LogP contribution in [0.4, 0.5) is 5.69 Å². The van der Waals surface area contributed by atoms with Gasteiger partial charge in [-0.3, -0.25) is 10.3 Å². The van der Waals surface area contributed by atoms with Gasteiger partial charge in [0.25, 0.3) is 0 Å². The van der Waals surface area contributed by atoms with E-state index in [1.807, 2.05) is 48.5 Å². The summed E-state index contributed by atoms with van der Waals surface area (Å²) in [5, 5.41) is 0. The first-order valence-electron chi connectivity index (χ1n) is 7.26. The molecule has 0 aliphatic carbocycles. The molecule has 22 heavy (non-hydrogen) atoms. The Morgan fingerprint density at radius 3 is 2.73 bits per heavy atom. The van der Waals surface area contributed by atoms with E-state index in [0.29, 0.717) is 13.2 Å². The Balaban J connectivity index is 1.90. The van der Waals surface area contributed by atoms with Crippen molar-refractivity contribution in [1.29, 1.82) is 0 Å². The highest BCUT2D eigenvalue weighted by Gasteiger charge is 2.52. The van der Waals surface area contributed by atoms with Crippen LogP contribution >= 0.6 is 0 Å². The first kappa shape index (κ1) is 13.6. The molecule has 0 aromatic heterocycles. The summed E-state index contributed by atoms with van der Waals surface area (Å²) in [6.07, 6.45) is -0.504. The zero-order valence-electron chi connectivity index (χ0n) is 12.2. The summed E-state index contributed by atoms with van der Waals surface area (Å²) in [5.74, 6) is 0.767. The van der Waals surface area contributed by atoms with Crippen LogP contribution in [-0.4, -0.2) is 26.6 Å². The minimum Gasteiger partial charge on any atom is -0.497 e. The highest BCUT2D eigenvalue weighted by Crippen LogP contribution is 2.48. The molecule has 0 saturated carbocycles. The van der Waals surface area contributed by atoms with Gasteiger partial charge in [0.15, 0.2) is 11.9 Å². The van der Waals surface area contributed by atoms with E-state index < -0.39 is 11.9 Å². The summed E-state index contributed by atoms with van der Waals surface area (Å²) in [7, 11) is 1.65. The predicted molar refractivity (Wildman–Crippen MR) is 80.6 cm³/mol. The van der Waals surface area contributed by atoms with Crippen molar-refractivity contribution in [1.82, 2.24) is 0 Å². The lowest BCUT2D eigenvalue weighted by Crippen LogP contribution is -2.42. The van der Waals surface area contributed by atoms with Crippen molar-refractivity contribution >= 4 is 5.69 Å². The molecule has 2 aliphatic rings. The number of anilines is 1. The number of benzene rings is 2. The Bertz CT molecular complexity index is 684. The second-order valence-corrected chi connectivity index (χ2v) is 5.29. The van der Waals surface area contributed by atoms with E-state index in [-0.39, 0.29) is 0 Å². The SMILES string of the molecule is COc1cccc(C2(C3OCCO3)ONc3ccccc32)c1. The van der Waals surface area contributed by atoms with Crippen molar-refractivity contribution in [3.05, 3.63) is 59.7 Å². The smallest absolute Gasteiger partial charge is 0.198 e. The maximum absolute atomic E-state index is 6.02. The molecular formula is C17H17NO4. The average Bonchev–Trinajstić information content (AvgIpc) is 3.23. The van der Waals surface area contributed by atoms with E-state index in [9.17, 15) is 0 Å². The van der Waals surface area contributed by atoms with Gasteiger partial charge in [0.1, 0.15) is 5.75 Å². The summed E-state index contributed by atoms with van der Waals surface area (Å²) >= 11 is 0. The molecule has 2 aromatic rings. The van der Waals surface area contributed by atoms with Gasteiger partial charge in [0.2, 0.25) is 0 Å². The van der Waals surface area contributed by atoms with Crippen molar-refractivity contribution in [2.24, 2.45) is 0 Å². The monoisotopic (exact) mass is 299 g/mol. The van der Waals surface area contributed by atoms with Crippen molar-refractivity contribution in [3.63, 3.8) is 0 Å². The van der Waals surface area contributed by atoms with Crippen molar-refractivity contribution < 1.29 is 19.0 Å². The van der Waals surface area contributed by atoms with E-state index in [0.717, 1.165) is 22.6 Å². The Morgan fingerprint density at radius 2 is 1.91 bits per heavy atom. The molecule has 0 radical (unpaired) electrons. The topological polar surface area (TPSA) is 49.0 Å². The molecule has 1 fully saturated rings. The summed E-state index contributed by atoms with van der Waals surface area (Å²) in [6.45, 7) is 1.11. The van der Waals surface area contributed by atoms with Gasteiger partial charge >= 0.3 is 0 Å². The van der Waals surface area contributed by atoms with E-state index >= 15 is 0 Å². The Kier molecular flexibility index (Phi) is 3.26. The summed E-state index contributed by atoms with van der Waals surface area (Å²) in [5.41, 5.74) is 5.00. The quantitative estimate of drug-likeness (QED) is 0.944. The minimum absolute atomic E-state index is 0.504. The van der Waals surface area contributed by atoms with Gasteiger partial charge in [0, 0.05) is 5.56 Å². The van der Waals surface area contributed by atoms with Crippen LogP contribution in [0.1, 0.15) is 11.1 Å². The Labute approximate surface area is 128 Å². The van der Waals surface area contributed by atoms with E-state index in [1.165, 1.54) is 0 Å². The molecular weight excluding hydrogens is 282 g/mol. The predicted octanol–water partition coefficient (Wildman–Crippen LogP) is 2.67. The molecule has 5 nitrogen and oxygen atoms in total. The number of nitrogens with one attached hydrogen (secondary N) is 1. The number of ether oxygens (including phenoxy) is 3. The Hall–Kier alpha value is -2.08. The van der Waals surface area contributed by atoms with Crippen LogP contribution < -0.4 is 10.2 Å². The van der Waals surface area contributed by atoms with Crippen LogP contribution in [0, 0.1) is 0 Å². The van der Waals surface area contributed by atoms with Gasteiger partial charge in [-0.15, -0.1) is 0 Å².